The highest BCUT2D eigenvalue weighted by atomic mass is 15.4. The lowest BCUT2D eigenvalue weighted by Crippen LogP contribution is -2.40. The van der Waals surface area contributed by atoms with Crippen molar-refractivity contribution in [2.75, 3.05) is 19.6 Å². The number of piperidine rings is 1. The molecule has 5 heteroatoms. The Kier molecular flexibility index (Phi) is 6.64. The Morgan fingerprint density at radius 2 is 2.19 bits per heavy atom. The van der Waals surface area contributed by atoms with Crippen LogP contribution in [0.2, 0.25) is 0 Å². The summed E-state index contributed by atoms with van der Waals surface area (Å²) in [5.74, 6) is 0.671. The topological polar surface area (TPSA) is 46.0 Å². The van der Waals surface area contributed by atoms with E-state index in [4.69, 9.17) is 0 Å². The molecule has 2 rings (SSSR count). The van der Waals surface area contributed by atoms with Crippen LogP contribution in [0.4, 0.5) is 0 Å². The summed E-state index contributed by atoms with van der Waals surface area (Å²) in [4.78, 5) is 2.63. The van der Waals surface area contributed by atoms with Crippen molar-refractivity contribution in [1.82, 2.24) is 25.2 Å². The highest BCUT2D eigenvalue weighted by Crippen LogP contribution is 2.18. The molecule has 1 unspecified atom stereocenters. The van der Waals surface area contributed by atoms with Crippen LogP contribution in [0, 0.1) is 5.92 Å². The lowest BCUT2D eigenvalue weighted by Gasteiger charge is -2.35. The second kappa shape index (κ2) is 8.49. The molecule has 1 atom stereocenters. The van der Waals surface area contributed by atoms with Crippen molar-refractivity contribution < 1.29 is 0 Å². The number of nitrogens with zero attached hydrogens (tertiary/aromatic N) is 4. The first kappa shape index (κ1) is 16.4. The fraction of sp³-hybridized carbons (Fsp3) is 0.875. The Balaban J connectivity index is 1.74. The van der Waals surface area contributed by atoms with Gasteiger partial charge in [0.1, 0.15) is 0 Å². The van der Waals surface area contributed by atoms with Crippen LogP contribution in [0.3, 0.4) is 0 Å². The predicted octanol–water partition coefficient (Wildman–Crippen LogP) is 2.29. The summed E-state index contributed by atoms with van der Waals surface area (Å²) in [5, 5.41) is 11.9. The van der Waals surface area contributed by atoms with E-state index in [-0.39, 0.29) is 0 Å². The largest absolute Gasteiger partial charge is 0.311 e. The standard InChI is InChI=1S/C16H31N5/c1-4-16-7-5-6-8-20(16)9-10-21-13-15(18-19-21)12-17-11-14(2)3/h13-14,16-17H,4-12H2,1-3H3. The summed E-state index contributed by atoms with van der Waals surface area (Å²) in [6, 6.07) is 0.773. The predicted molar refractivity (Wildman–Crippen MR) is 86.1 cm³/mol. The molecule has 0 aliphatic carbocycles. The highest BCUT2D eigenvalue weighted by Gasteiger charge is 2.20. The first-order chi connectivity index (χ1) is 10.2. The average molecular weight is 293 g/mol. The first-order valence-corrected chi connectivity index (χ1v) is 8.52. The van der Waals surface area contributed by atoms with Crippen LogP contribution in [0.25, 0.3) is 0 Å². The number of nitrogens with one attached hydrogen (secondary N) is 1. The zero-order valence-electron chi connectivity index (χ0n) is 13.9. The van der Waals surface area contributed by atoms with E-state index in [0.29, 0.717) is 5.92 Å². The molecule has 0 aromatic carbocycles. The van der Waals surface area contributed by atoms with E-state index >= 15 is 0 Å². The van der Waals surface area contributed by atoms with Gasteiger partial charge in [-0.05, 0) is 38.3 Å². The normalized spacial score (nSPS) is 20.3. The molecule has 0 radical (unpaired) electrons. The number of rotatable bonds is 8. The Labute approximate surface area is 129 Å². The minimum absolute atomic E-state index is 0.671. The van der Waals surface area contributed by atoms with E-state index in [0.717, 1.165) is 37.9 Å². The van der Waals surface area contributed by atoms with Crippen molar-refractivity contribution in [3.63, 3.8) is 0 Å². The zero-order valence-corrected chi connectivity index (χ0v) is 13.9. The molecule has 1 aromatic heterocycles. The van der Waals surface area contributed by atoms with Gasteiger partial charge in [-0.1, -0.05) is 32.4 Å². The molecule has 120 valence electrons. The van der Waals surface area contributed by atoms with Gasteiger partial charge in [-0.25, -0.2) is 0 Å². The van der Waals surface area contributed by atoms with Crippen LogP contribution in [0.15, 0.2) is 6.20 Å². The molecule has 0 spiro atoms. The minimum atomic E-state index is 0.671. The summed E-state index contributed by atoms with van der Waals surface area (Å²) in [6.45, 7) is 11.9. The molecule has 1 fully saturated rings. The average Bonchev–Trinajstić information content (AvgIpc) is 2.93. The van der Waals surface area contributed by atoms with Gasteiger partial charge in [0.2, 0.25) is 0 Å². The number of hydrogen-bond acceptors (Lipinski definition) is 4. The van der Waals surface area contributed by atoms with Gasteiger partial charge in [0.05, 0.1) is 12.2 Å². The van der Waals surface area contributed by atoms with E-state index in [1.165, 1.54) is 32.2 Å². The summed E-state index contributed by atoms with van der Waals surface area (Å²) in [6.07, 6.45) is 7.44. The molecule has 21 heavy (non-hydrogen) atoms. The third-order valence-electron chi connectivity index (χ3n) is 4.28. The third kappa shape index (κ3) is 5.40. The Morgan fingerprint density at radius 3 is 2.95 bits per heavy atom. The van der Waals surface area contributed by atoms with Crippen molar-refractivity contribution in [2.24, 2.45) is 5.92 Å². The van der Waals surface area contributed by atoms with E-state index in [1.54, 1.807) is 0 Å². The van der Waals surface area contributed by atoms with Crippen molar-refractivity contribution in [2.45, 2.75) is 65.6 Å². The van der Waals surface area contributed by atoms with Crippen molar-refractivity contribution >= 4 is 0 Å². The Morgan fingerprint density at radius 1 is 1.33 bits per heavy atom. The zero-order chi connectivity index (χ0) is 15.1. The second-order valence-corrected chi connectivity index (χ2v) is 6.59. The van der Waals surface area contributed by atoms with E-state index in [2.05, 4.69) is 47.5 Å². The molecule has 5 nitrogen and oxygen atoms in total. The summed E-state index contributed by atoms with van der Waals surface area (Å²) >= 11 is 0. The maximum absolute atomic E-state index is 4.25. The fourth-order valence-electron chi connectivity index (χ4n) is 3.07. The monoisotopic (exact) mass is 293 g/mol. The lowest BCUT2D eigenvalue weighted by molar-refractivity contribution is 0.137. The molecular formula is C16H31N5. The van der Waals surface area contributed by atoms with Crippen molar-refractivity contribution in [1.29, 1.82) is 0 Å². The van der Waals surface area contributed by atoms with E-state index < -0.39 is 0 Å². The van der Waals surface area contributed by atoms with Crippen LogP contribution in [-0.2, 0) is 13.1 Å². The van der Waals surface area contributed by atoms with Crippen LogP contribution in [-0.4, -0.2) is 45.6 Å². The molecule has 1 N–H and O–H groups in total. The van der Waals surface area contributed by atoms with E-state index in [9.17, 15) is 0 Å². The van der Waals surface area contributed by atoms with Gasteiger partial charge in [-0.15, -0.1) is 5.10 Å². The van der Waals surface area contributed by atoms with Gasteiger partial charge in [0, 0.05) is 25.3 Å². The molecule has 2 heterocycles. The number of aromatic nitrogens is 3. The van der Waals surface area contributed by atoms with Gasteiger partial charge in [-0.3, -0.25) is 9.58 Å². The molecule has 1 aromatic rings. The second-order valence-electron chi connectivity index (χ2n) is 6.59. The van der Waals surface area contributed by atoms with Crippen molar-refractivity contribution in [3.05, 3.63) is 11.9 Å². The number of hydrogen-bond donors (Lipinski definition) is 1. The van der Waals surface area contributed by atoms with Crippen LogP contribution in [0.1, 0.15) is 52.1 Å². The Hall–Kier alpha value is -0.940. The summed E-state index contributed by atoms with van der Waals surface area (Å²) in [5.41, 5.74) is 1.04. The van der Waals surface area contributed by atoms with Crippen molar-refractivity contribution in [3.8, 4) is 0 Å². The number of likely N-dealkylation sites (tertiary alicyclic amines) is 1. The highest BCUT2D eigenvalue weighted by molar-refractivity contribution is 4.91. The molecule has 1 aliphatic rings. The van der Waals surface area contributed by atoms with Crippen LogP contribution < -0.4 is 5.32 Å². The van der Waals surface area contributed by atoms with Gasteiger partial charge in [0.15, 0.2) is 0 Å². The lowest BCUT2D eigenvalue weighted by atomic mass is 10.0. The SMILES string of the molecule is CCC1CCCCN1CCn1cc(CNCC(C)C)nn1. The molecule has 1 aliphatic heterocycles. The van der Waals surface area contributed by atoms with Gasteiger partial charge in [0.25, 0.3) is 0 Å². The van der Waals surface area contributed by atoms with Crippen LogP contribution in [0.5, 0.6) is 0 Å². The molecule has 0 amide bonds. The molecule has 0 saturated carbocycles. The smallest absolute Gasteiger partial charge is 0.0964 e. The molecular weight excluding hydrogens is 262 g/mol. The summed E-state index contributed by atoms with van der Waals surface area (Å²) < 4.78 is 1.99. The molecule has 0 bridgehead atoms. The quantitative estimate of drug-likeness (QED) is 0.799. The maximum Gasteiger partial charge on any atom is 0.0964 e. The van der Waals surface area contributed by atoms with Crippen LogP contribution >= 0.6 is 0 Å². The van der Waals surface area contributed by atoms with Gasteiger partial charge < -0.3 is 5.32 Å². The minimum Gasteiger partial charge on any atom is -0.311 e. The Bertz CT molecular complexity index is 401. The molecule has 1 saturated heterocycles. The fourth-order valence-corrected chi connectivity index (χ4v) is 3.07. The third-order valence-corrected chi connectivity index (χ3v) is 4.28. The first-order valence-electron chi connectivity index (χ1n) is 8.52. The van der Waals surface area contributed by atoms with E-state index in [1.807, 2.05) is 4.68 Å². The van der Waals surface area contributed by atoms with Gasteiger partial charge >= 0.3 is 0 Å². The maximum atomic E-state index is 4.25. The van der Waals surface area contributed by atoms with Gasteiger partial charge in [-0.2, -0.15) is 0 Å². The summed E-state index contributed by atoms with van der Waals surface area (Å²) in [7, 11) is 0.